The van der Waals surface area contributed by atoms with Gasteiger partial charge in [0.05, 0.1) is 5.69 Å². The van der Waals surface area contributed by atoms with Crippen LogP contribution in [-0.2, 0) is 5.41 Å². The zero-order valence-corrected chi connectivity index (χ0v) is 28.5. The average molecular weight is 646 g/mol. The van der Waals surface area contributed by atoms with Gasteiger partial charge in [-0.05, 0) is 87.3 Å². The summed E-state index contributed by atoms with van der Waals surface area (Å²) in [5.74, 6) is 0.420. The number of anilines is 2. The molecule has 0 bridgehead atoms. The third-order valence-electron chi connectivity index (χ3n) is 11.0. The summed E-state index contributed by atoms with van der Waals surface area (Å²) in [6.45, 7) is 4.81. The van der Waals surface area contributed by atoms with Gasteiger partial charge in [0.25, 0.3) is 0 Å². The van der Waals surface area contributed by atoms with Crippen molar-refractivity contribution in [3.8, 4) is 11.1 Å². The van der Waals surface area contributed by atoms with Crippen molar-refractivity contribution < 1.29 is 0 Å². The number of hydrogen-bond donors (Lipinski definition) is 0. The maximum atomic E-state index is 2.53. The number of thiophene rings is 1. The second-order valence-corrected chi connectivity index (χ2v) is 15.2. The van der Waals surface area contributed by atoms with Crippen LogP contribution in [0.15, 0.2) is 169 Å². The summed E-state index contributed by atoms with van der Waals surface area (Å²) in [5, 5.41) is 7.74. The summed E-state index contributed by atoms with van der Waals surface area (Å²) in [6, 6.07) is 54.1. The molecule has 7 aromatic carbocycles. The highest BCUT2D eigenvalue weighted by atomic mass is 32.1. The molecular weight excluding hydrogens is 611 g/mol. The van der Waals surface area contributed by atoms with Gasteiger partial charge in [0.2, 0.25) is 0 Å². The Morgan fingerprint density at radius 2 is 1.31 bits per heavy atom. The van der Waals surface area contributed by atoms with Crippen molar-refractivity contribution in [1.29, 1.82) is 0 Å². The highest BCUT2D eigenvalue weighted by Gasteiger charge is 2.42. The first-order valence-electron chi connectivity index (χ1n) is 17.3. The van der Waals surface area contributed by atoms with Crippen molar-refractivity contribution in [2.24, 2.45) is 0 Å². The fourth-order valence-electron chi connectivity index (χ4n) is 8.65. The molecule has 0 saturated heterocycles. The van der Waals surface area contributed by atoms with Crippen molar-refractivity contribution in [1.82, 2.24) is 0 Å². The monoisotopic (exact) mass is 645 g/mol. The topological polar surface area (TPSA) is 3.24 Å². The lowest BCUT2D eigenvalue weighted by molar-refractivity contribution is 0.609. The van der Waals surface area contributed by atoms with Gasteiger partial charge in [-0.25, -0.2) is 0 Å². The van der Waals surface area contributed by atoms with Gasteiger partial charge < -0.3 is 4.90 Å². The van der Waals surface area contributed by atoms with E-state index in [-0.39, 0.29) is 5.41 Å². The first-order chi connectivity index (χ1) is 24.0. The van der Waals surface area contributed by atoms with E-state index < -0.39 is 0 Å². The van der Waals surface area contributed by atoms with Crippen molar-refractivity contribution in [2.75, 3.05) is 4.90 Å². The van der Waals surface area contributed by atoms with Crippen LogP contribution in [0.5, 0.6) is 0 Å². The second kappa shape index (κ2) is 10.8. The fourth-order valence-corrected chi connectivity index (χ4v) is 9.74. The van der Waals surface area contributed by atoms with Gasteiger partial charge in [-0.15, -0.1) is 11.3 Å². The second-order valence-electron chi connectivity index (χ2n) is 14.1. The molecule has 0 N–H and O–H groups in total. The molecule has 0 amide bonds. The van der Waals surface area contributed by atoms with Gasteiger partial charge in [0.1, 0.15) is 0 Å². The maximum absolute atomic E-state index is 2.53. The van der Waals surface area contributed by atoms with Crippen LogP contribution in [0.4, 0.5) is 11.4 Å². The Kier molecular flexibility index (Phi) is 6.29. The first-order valence-corrected chi connectivity index (χ1v) is 18.1. The summed E-state index contributed by atoms with van der Waals surface area (Å²) in [5.41, 5.74) is 10.5. The summed E-state index contributed by atoms with van der Waals surface area (Å²) in [7, 11) is 0. The summed E-state index contributed by atoms with van der Waals surface area (Å²) in [4.78, 5) is 2.53. The van der Waals surface area contributed by atoms with Crippen molar-refractivity contribution >= 4 is 64.4 Å². The normalized spacial score (nSPS) is 16.5. The van der Waals surface area contributed by atoms with Crippen molar-refractivity contribution in [3.05, 3.63) is 180 Å². The van der Waals surface area contributed by atoms with E-state index in [1.54, 1.807) is 0 Å². The molecule has 234 valence electrons. The predicted molar refractivity (Wildman–Crippen MR) is 211 cm³/mol. The largest absolute Gasteiger partial charge is 0.310 e. The van der Waals surface area contributed by atoms with Gasteiger partial charge in [-0.2, -0.15) is 0 Å². The van der Waals surface area contributed by atoms with Gasteiger partial charge in [0, 0.05) is 48.3 Å². The molecule has 2 aliphatic rings. The Bertz CT molecular complexity index is 2690. The van der Waals surface area contributed by atoms with E-state index >= 15 is 0 Å². The lowest BCUT2D eigenvalue weighted by atomic mass is 9.78. The van der Waals surface area contributed by atoms with Crippen molar-refractivity contribution in [2.45, 2.75) is 31.6 Å². The molecule has 0 fully saturated rings. The number of hydrogen-bond acceptors (Lipinski definition) is 2. The number of benzene rings is 7. The van der Waals surface area contributed by atoms with Gasteiger partial charge in [-0.3, -0.25) is 0 Å². The van der Waals surface area contributed by atoms with Crippen LogP contribution in [0.25, 0.3) is 52.8 Å². The Morgan fingerprint density at radius 3 is 2.20 bits per heavy atom. The third-order valence-corrected chi connectivity index (χ3v) is 12.2. The molecule has 1 aromatic heterocycles. The number of nitrogens with zero attached hydrogens (tertiary/aromatic N) is 1. The summed E-state index contributed by atoms with van der Waals surface area (Å²) in [6.07, 6.45) is 5.98. The van der Waals surface area contributed by atoms with E-state index in [1.807, 2.05) is 11.3 Å². The first kappa shape index (κ1) is 28.6. The molecule has 49 heavy (non-hydrogen) atoms. The molecule has 1 heterocycles. The van der Waals surface area contributed by atoms with Gasteiger partial charge in [-0.1, -0.05) is 135 Å². The summed E-state index contributed by atoms with van der Waals surface area (Å²) < 4.78 is 2.67. The Labute approximate surface area is 291 Å². The molecule has 1 atom stereocenters. The Balaban J connectivity index is 1.19. The molecule has 2 aliphatic carbocycles. The number of allylic oxidation sites excluding steroid dienone is 3. The number of fused-ring (bicyclic) bond motifs is 9. The highest BCUT2D eigenvalue weighted by molar-refractivity contribution is 7.25. The van der Waals surface area contributed by atoms with Crippen LogP contribution in [0.1, 0.15) is 37.3 Å². The van der Waals surface area contributed by atoms with Gasteiger partial charge in [0.15, 0.2) is 0 Å². The van der Waals surface area contributed by atoms with Crippen LogP contribution in [0, 0.1) is 0 Å². The third kappa shape index (κ3) is 4.37. The molecule has 1 unspecified atom stereocenters. The van der Waals surface area contributed by atoms with E-state index in [1.165, 1.54) is 86.6 Å². The molecule has 10 rings (SSSR count). The lowest BCUT2D eigenvalue weighted by Gasteiger charge is -2.33. The standard InChI is InChI=1S/C47H35NS/c1-47(2)42-20-9-7-17-37(42)38-24-23-34(29-43(38)47)48(44-28-32-12-3-4-15-35(32)36-16-5-6-18-39(36)44)33-14-11-13-30(26-33)31-22-25-46-41(27-31)40-19-8-10-21-45(40)49-46/h3-23,25-29,38H,24H2,1-2H3. The van der Waals surface area contributed by atoms with Crippen molar-refractivity contribution in [3.63, 3.8) is 0 Å². The lowest BCUT2D eigenvalue weighted by Crippen LogP contribution is -2.23. The van der Waals surface area contributed by atoms with Crippen LogP contribution < -0.4 is 4.90 Å². The zero-order chi connectivity index (χ0) is 32.7. The zero-order valence-electron chi connectivity index (χ0n) is 27.7. The van der Waals surface area contributed by atoms with Crippen LogP contribution in [0.2, 0.25) is 0 Å². The fraction of sp³-hybridized carbons (Fsp3) is 0.106. The van der Waals surface area contributed by atoms with E-state index in [9.17, 15) is 0 Å². The van der Waals surface area contributed by atoms with E-state index in [4.69, 9.17) is 0 Å². The van der Waals surface area contributed by atoms with E-state index in [0.717, 1.165) is 6.42 Å². The van der Waals surface area contributed by atoms with Crippen LogP contribution in [-0.4, -0.2) is 0 Å². The minimum atomic E-state index is -0.0293. The Morgan fingerprint density at radius 1 is 0.592 bits per heavy atom. The SMILES string of the molecule is CC1(C)C2=CC(N(c3cccc(-c4ccc5sc6ccccc6c5c4)c3)c3cc4ccccc4c4ccccc34)=CCC2c2ccccc21. The maximum Gasteiger partial charge on any atom is 0.0546 e. The minimum absolute atomic E-state index is 0.0293. The van der Waals surface area contributed by atoms with E-state index in [2.05, 4.69) is 176 Å². The van der Waals surface area contributed by atoms with E-state index in [0.29, 0.717) is 5.92 Å². The molecular formula is C47H35NS. The minimum Gasteiger partial charge on any atom is -0.310 e. The van der Waals surface area contributed by atoms with Crippen LogP contribution in [0.3, 0.4) is 0 Å². The molecule has 8 aromatic rings. The predicted octanol–water partition coefficient (Wildman–Crippen LogP) is 13.5. The average Bonchev–Trinajstić information content (AvgIpc) is 3.63. The molecule has 0 radical (unpaired) electrons. The molecule has 2 heteroatoms. The molecule has 0 spiro atoms. The summed E-state index contributed by atoms with van der Waals surface area (Å²) >= 11 is 1.87. The highest BCUT2D eigenvalue weighted by Crippen LogP contribution is 2.54. The van der Waals surface area contributed by atoms with Crippen LogP contribution >= 0.6 is 11.3 Å². The molecule has 1 nitrogen and oxygen atoms in total. The smallest absolute Gasteiger partial charge is 0.0546 e. The quantitative estimate of drug-likeness (QED) is 0.172. The number of rotatable bonds is 4. The Hall–Kier alpha value is -5.44. The molecule has 0 aliphatic heterocycles. The molecule has 0 saturated carbocycles. The van der Waals surface area contributed by atoms with Gasteiger partial charge >= 0.3 is 0 Å².